The molecule has 0 unspecified atom stereocenters. The number of oxime groups is 1. The van der Waals surface area contributed by atoms with Crippen LogP contribution in [0, 0.1) is 13.8 Å². The van der Waals surface area contributed by atoms with Crippen molar-refractivity contribution in [2.24, 2.45) is 5.16 Å². The van der Waals surface area contributed by atoms with Gasteiger partial charge in [0, 0.05) is 12.0 Å². The Labute approximate surface area is 187 Å². The molecule has 1 fully saturated rings. The minimum Gasteiger partial charge on any atom is -0.399 e. The summed E-state index contributed by atoms with van der Waals surface area (Å²) in [4.78, 5) is 32.3. The molecule has 0 aliphatic carbocycles. The van der Waals surface area contributed by atoms with Crippen LogP contribution in [0.4, 0.5) is 0 Å². The van der Waals surface area contributed by atoms with Gasteiger partial charge in [-0.3, -0.25) is 9.59 Å². The molecule has 170 valence electrons. The summed E-state index contributed by atoms with van der Waals surface area (Å²) in [7, 11) is 1.41. The van der Waals surface area contributed by atoms with Crippen molar-refractivity contribution in [1.82, 2.24) is 10.2 Å². The molecule has 8 heteroatoms. The molecule has 8 nitrogen and oxygen atoms in total. The standard InChI is InChI=1S/C24H29N3O5/c1-15-5-4-6-21(16(15)2)17-7-9-18(10-8-17)24(31)27-12-19(26-32-3)11-22(27)23(30)25-20(13-28)14-29/h4-10,20,22,28-29H,11-14H2,1-3H3,(H,25,30)/t22-/m0/s1. The van der Waals surface area contributed by atoms with E-state index in [2.05, 4.69) is 30.4 Å². The summed E-state index contributed by atoms with van der Waals surface area (Å²) in [5.41, 5.74) is 5.52. The second-order valence-electron chi connectivity index (χ2n) is 7.89. The molecule has 2 amide bonds. The lowest BCUT2D eigenvalue weighted by Gasteiger charge is -2.25. The summed E-state index contributed by atoms with van der Waals surface area (Å²) >= 11 is 0. The van der Waals surface area contributed by atoms with Gasteiger partial charge in [0.1, 0.15) is 13.2 Å². The van der Waals surface area contributed by atoms with Gasteiger partial charge in [0.05, 0.1) is 31.5 Å². The predicted octanol–water partition coefficient (Wildman–Crippen LogP) is 1.66. The Hall–Kier alpha value is -3.23. The molecule has 0 aromatic heterocycles. The molecule has 2 aromatic rings. The Morgan fingerprint density at radius 1 is 1.16 bits per heavy atom. The number of carbonyl (C=O) groups excluding carboxylic acids is 2. The molecular formula is C24H29N3O5. The molecule has 1 aliphatic heterocycles. The Balaban J connectivity index is 1.84. The third-order valence-electron chi connectivity index (χ3n) is 5.78. The first-order valence-electron chi connectivity index (χ1n) is 10.5. The smallest absolute Gasteiger partial charge is 0.254 e. The van der Waals surface area contributed by atoms with Gasteiger partial charge in [-0.2, -0.15) is 0 Å². The van der Waals surface area contributed by atoms with E-state index < -0.39 is 31.2 Å². The number of aryl methyl sites for hydroxylation is 1. The summed E-state index contributed by atoms with van der Waals surface area (Å²) in [6, 6.07) is 11.8. The zero-order chi connectivity index (χ0) is 23.3. The third-order valence-corrected chi connectivity index (χ3v) is 5.78. The lowest BCUT2D eigenvalue weighted by atomic mass is 9.96. The number of likely N-dealkylation sites (tertiary alicyclic amines) is 1. The number of hydrogen-bond donors (Lipinski definition) is 3. The van der Waals surface area contributed by atoms with Gasteiger partial charge < -0.3 is 25.3 Å². The Bertz CT molecular complexity index is 999. The van der Waals surface area contributed by atoms with Gasteiger partial charge in [-0.25, -0.2) is 0 Å². The Morgan fingerprint density at radius 2 is 1.84 bits per heavy atom. The summed E-state index contributed by atoms with van der Waals surface area (Å²) in [5.74, 6) is -0.761. The number of aliphatic hydroxyl groups is 2. The van der Waals surface area contributed by atoms with Crippen molar-refractivity contribution < 1.29 is 24.6 Å². The quantitative estimate of drug-likeness (QED) is 0.568. The van der Waals surface area contributed by atoms with Crippen molar-refractivity contribution in [2.75, 3.05) is 26.9 Å². The average molecular weight is 440 g/mol. The topological polar surface area (TPSA) is 111 Å². The monoisotopic (exact) mass is 439 g/mol. The number of aliphatic hydroxyl groups excluding tert-OH is 2. The molecule has 0 bridgehead atoms. The highest BCUT2D eigenvalue weighted by Gasteiger charge is 2.39. The maximum atomic E-state index is 13.3. The van der Waals surface area contributed by atoms with Crippen LogP contribution in [0.2, 0.25) is 0 Å². The maximum Gasteiger partial charge on any atom is 0.254 e. The highest BCUT2D eigenvalue weighted by molar-refractivity contribution is 6.05. The molecule has 0 radical (unpaired) electrons. The summed E-state index contributed by atoms with van der Waals surface area (Å²) in [5, 5.41) is 25.0. The fraction of sp³-hybridized carbons (Fsp3) is 0.375. The lowest BCUT2D eigenvalue weighted by Crippen LogP contribution is -2.50. The summed E-state index contributed by atoms with van der Waals surface area (Å²) in [6.45, 7) is 3.49. The molecule has 1 aliphatic rings. The third kappa shape index (κ3) is 4.98. The van der Waals surface area contributed by atoms with Gasteiger partial charge in [-0.15, -0.1) is 0 Å². The van der Waals surface area contributed by atoms with Crippen molar-refractivity contribution in [3.05, 3.63) is 59.2 Å². The van der Waals surface area contributed by atoms with Crippen LogP contribution in [0.5, 0.6) is 0 Å². The second kappa shape index (κ2) is 10.4. The van der Waals surface area contributed by atoms with Crippen LogP contribution in [0.25, 0.3) is 11.1 Å². The Kier molecular flexibility index (Phi) is 7.61. The predicted molar refractivity (Wildman–Crippen MR) is 121 cm³/mol. The average Bonchev–Trinajstić information content (AvgIpc) is 3.23. The van der Waals surface area contributed by atoms with Crippen LogP contribution >= 0.6 is 0 Å². The molecule has 1 saturated heterocycles. The minimum atomic E-state index is -0.810. The first-order chi connectivity index (χ1) is 15.4. The van der Waals surface area contributed by atoms with Gasteiger partial charge >= 0.3 is 0 Å². The highest BCUT2D eigenvalue weighted by Crippen LogP contribution is 2.27. The van der Waals surface area contributed by atoms with Gasteiger partial charge in [-0.1, -0.05) is 35.5 Å². The normalized spacial score (nSPS) is 17.1. The van der Waals surface area contributed by atoms with Crippen LogP contribution in [-0.2, 0) is 9.63 Å². The van der Waals surface area contributed by atoms with E-state index in [-0.39, 0.29) is 18.9 Å². The number of carbonyl (C=O) groups is 2. The van der Waals surface area contributed by atoms with Crippen molar-refractivity contribution in [3.63, 3.8) is 0 Å². The molecule has 1 atom stereocenters. The maximum absolute atomic E-state index is 13.3. The SMILES string of the molecule is CON=C1C[C@@H](C(=O)NC(CO)CO)N(C(=O)c2ccc(-c3cccc(C)c3C)cc2)C1. The molecule has 0 spiro atoms. The highest BCUT2D eigenvalue weighted by atomic mass is 16.6. The van der Waals surface area contributed by atoms with Crippen LogP contribution < -0.4 is 5.32 Å². The van der Waals surface area contributed by atoms with E-state index >= 15 is 0 Å². The second-order valence-corrected chi connectivity index (χ2v) is 7.89. The summed E-state index contributed by atoms with van der Waals surface area (Å²) in [6.07, 6.45) is 0.218. The number of hydrogen-bond acceptors (Lipinski definition) is 6. The van der Waals surface area contributed by atoms with Crippen LogP contribution in [0.3, 0.4) is 0 Å². The van der Waals surface area contributed by atoms with E-state index in [4.69, 9.17) is 4.84 Å². The van der Waals surface area contributed by atoms with Crippen LogP contribution in [-0.4, -0.2) is 71.6 Å². The molecule has 2 aromatic carbocycles. The summed E-state index contributed by atoms with van der Waals surface area (Å²) < 4.78 is 0. The largest absolute Gasteiger partial charge is 0.399 e. The first kappa shape index (κ1) is 23.4. The van der Waals surface area contributed by atoms with E-state index in [1.807, 2.05) is 24.3 Å². The number of amides is 2. The lowest BCUT2D eigenvalue weighted by molar-refractivity contribution is -0.126. The number of rotatable bonds is 7. The fourth-order valence-electron chi connectivity index (χ4n) is 3.82. The molecule has 1 heterocycles. The number of nitrogens with one attached hydrogen (secondary N) is 1. The van der Waals surface area contributed by atoms with Gasteiger partial charge in [0.25, 0.3) is 5.91 Å². The van der Waals surface area contributed by atoms with Crippen molar-refractivity contribution >= 4 is 17.5 Å². The van der Waals surface area contributed by atoms with Crippen LogP contribution in [0.15, 0.2) is 47.6 Å². The van der Waals surface area contributed by atoms with Crippen molar-refractivity contribution in [1.29, 1.82) is 0 Å². The molecular weight excluding hydrogens is 410 g/mol. The number of benzene rings is 2. The van der Waals surface area contributed by atoms with E-state index in [1.165, 1.54) is 23.1 Å². The van der Waals surface area contributed by atoms with Crippen LogP contribution in [0.1, 0.15) is 27.9 Å². The zero-order valence-corrected chi connectivity index (χ0v) is 18.5. The van der Waals surface area contributed by atoms with Gasteiger partial charge in [0.2, 0.25) is 5.91 Å². The van der Waals surface area contributed by atoms with E-state index in [0.717, 1.165) is 11.1 Å². The van der Waals surface area contributed by atoms with Crippen molar-refractivity contribution in [2.45, 2.75) is 32.4 Å². The zero-order valence-electron chi connectivity index (χ0n) is 18.5. The van der Waals surface area contributed by atoms with E-state index in [9.17, 15) is 19.8 Å². The fourth-order valence-corrected chi connectivity index (χ4v) is 3.82. The van der Waals surface area contributed by atoms with Gasteiger partial charge in [-0.05, 0) is 48.2 Å². The van der Waals surface area contributed by atoms with Crippen molar-refractivity contribution in [3.8, 4) is 11.1 Å². The van der Waals surface area contributed by atoms with E-state index in [1.54, 1.807) is 12.1 Å². The molecule has 0 saturated carbocycles. The molecule has 3 N–H and O–H groups in total. The Morgan fingerprint density at radius 3 is 2.47 bits per heavy atom. The molecule has 3 rings (SSSR count). The first-order valence-corrected chi connectivity index (χ1v) is 10.5. The minimum absolute atomic E-state index is 0.159. The number of nitrogens with zero attached hydrogens (tertiary/aromatic N) is 2. The molecule has 32 heavy (non-hydrogen) atoms. The van der Waals surface area contributed by atoms with Gasteiger partial charge in [0.15, 0.2) is 0 Å². The van der Waals surface area contributed by atoms with E-state index in [0.29, 0.717) is 11.3 Å².